The zero-order valence-electron chi connectivity index (χ0n) is 12.6. The number of hydrogen-bond donors (Lipinski definition) is 0. The Morgan fingerprint density at radius 2 is 1.39 bits per heavy atom. The second kappa shape index (κ2) is 5.68. The van der Waals surface area contributed by atoms with Gasteiger partial charge in [-0.3, -0.25) is 20.2 Å². The van der Waals surface area contributed by atoms with Crippen molar-refractivity contribution < 1.29 is 9.85 Å². The van der Waals surface area contributed by atoms with E-state index >= 15 is 0 Å². The molecule has 0 atom stereocenters. The molecule has 0 aliphatic heterocycles. The highest BCUT2D eigenvalue weighted by atomic mass is 16.6. The van der Waals surface area contributed by atoms with Crippen molar-refractivity contribution in [2.24, 2.45) is 0 Å². The number of nitrogens with zero attached hydrogens (tertiary/aromatic N) is 3. The van der Waals surface area contributed by atoms with Gasteiger partial charge in [-0.2, -0.15) is 0 Å². The van der Waals surface area contributed by atoms with E-state index in [-0.39, 0.29) is 11.4 Å². The number of unbranched alkanes of at least 4 members (excludes halogenated alkanes) is 1. The molecule has 1 aromatic heterocycles. The van der Waals surface area contributed by atoms with E-state index in [4.69, 9.17) is 0 Å². The first-order chi connectivity index (χ1) is 11.0. The fourth-order valence-electron chi connectivity index (χ4n) is 2.86. The van der Waals surface area contributed by atoms with Gasteiger partial charge in [-0.1, -0.05) is 13.3 Å². The van der Waals surface area contributed by atoms with E-state index in [1.54, 1.807) is 12.1 Å². The third-order valence-corrected chi connectivity index (χ3v) is 3.99. The van der Waals surface area contributed by atoms with Crippen LogP contribution in [0, 0.1) is 20.2 Å². The molecule has 0 amide bonds. The maximum atomic E-state index is 11.0. The molecule has 23 heavy (non-hydrogen) atoms. The minimum absolute atomic E-state index is 0.0152. The molecular weight excluding hydrogens is 298 g/mol. The summed E-state index contributed by atoms with van der Waals surface area (Å²) in [5.41, 5.74) is 1.69. The normalized spacial score (nSPS) is 11.2. The van der Waals surface area contributed by atoms with Crippen LogP contribution in [0.3, 0.4) is 0 Å². The van der Waals surface area contributed by atoms with Gasteiger partial charge in [0.1, 0.15) is 0 Å². The number of benzene rings is 2. The molecule has 7 heteroatoms. The Morgan fingerprint density at radius 1 is 0.913 bits per heavy atom. The molecule has 0 radical (unpaired) electrons. The van der Waals surface area contributed by atoms with Gasteiger partial charge in [-0.15, -0.1) is 0 Å². The lowest BCUT2D eigenvalue weighted by atomic mass is 10.1. The lowest BCUT2D eigenvalue weighted by Gasteiger charge is -2.06. The summed E-state index contributed by atoms with van der Waals surface area (Å²) in [6, 6.07) is 9.35. The van der Waals surface area contributed by atoms with Crippen molar-refractivity contribution in [2.45, 2.75) is 26.3 Å². The summed E-state index contributed by atoms with van der Waals surface area (Å²) in [5.74, 6) is 0. The van der Waals surface area contributed by atoms with Crippen LogP contribution in [0.5, 0.6) is 0 Å². The topological polar surface area (TPSA) is 91.2 Å². The quantitative estimate of drug-likeness (QED) is 0.515. The molecule has 0 fully saturated rings. The molecular formula is C16H15N3O4. The number of aryl methyl sites for hydroxylation is 1. The third kappa shape index (κ3) is 2.50. The Kier molecular flexibility index (Phi) is 3.69. The van der Waals surface area contributed by atoms with Crippen LogP contribution in [-0.4, -0.2) is 14.4 Å². The van der Waals surface area contributed by atoms with Gasteiger partial charge in [-0.05, 0) is 18.6 Å². The third-order valence-electron chi connectivity index (χ3n) is 3.99. The highest BCUT2D eigenvalue weighted by Crippen LogP contribution is 2.34. The van der Waals surface area contributed by atoms with Crippen molar-refractivity contribution in [3.63, 3.8) is 0 Å². The molecule has 118 valence electrons. The maximum absolute atomic E-state index is 11.0. The molecule has 1 heterocycles. The number of rotatable bonds is 5. The highest BCUT2D eigenvalue weighted by molar-refractivity contribution is 6.09. The summed E-state index contributed by atoms with van der Waals surface area (Å²) in [7, 11) is 0. The molecule has 0 spiro atoms. The summed E-state index contributed by atoms with van der Waals surface area (Å²) >= 11 is 0. The van der Waals surface area contributed by atoms with Gasteiger partial charge < -0.3 is 4.57 Å². The monoisotopic (exact) mass is 313 g/mol. The zero-order valence-corrected chi connectivity index (χ0v) is 12.6. The Balaban J connectivity index is 2.35. The predicted molar refractivity (Wildman–Crippen MR) is 87.7 cm³/mol. The average Bonchev–Trinajstić information content (AvgIpc) is 2.85. The van der Waals surface area contributed by atoms with Crippen LogP contribution in [0.2, 0.25) is 0 Å². The number of aromatic nitrogens is 1. The Morgan fingerprint density at radius 3 is 1.78 bits per heavy atom. The van der Waals surface area contributed by atoms with E-state index in [1.807, 2.05) is 0 Å². The lowest BCUT2D eigenvalue weighted by Crippen LogP contribution is -1.97. The van der Waals surface area contributed by atoms with E-state index in [0.717, 1.165) is 30.4 Å². The van der Waals surface area contributed by atoms with Crippen LogP contribution in [0.15, 0.2) is 36.4 Å². The van der Waals surface area contributed by atoms with Crippen LogP contribution < -0.4 is 0 Å². The second-order valence-corrected chi connectivity index (χ2v) is 5.42. The molecule has 7 nitrogen and oxygen atoms in total. The predicted octanol–water partition coefficient (Wildman–Crippen LogP) is 4.41. The number of hydrogen-bond acceptors (Lipinski definition) is 4. The average molecular weight is 313 g/mol. The minimum atomic E-state index is -0.452. The van der Waals surface area contributed by atoms with Crippen molar-refractivity contribution in [2.75, 3.05) is 0 Å². The van der Waals surface area contributed by atoms with E-state index in [9.17, 15) is 20.2 Å². The molecule has 0 N–H and O–H groups in total. The summed E-state index contributed by atoms with van der Waals surface area (Å²) in [4.78, 5) is 21.1. The van der Waals surface area contributed by atoms with Gasteiger partial charge in [0.05, 0.1) is 9.85 Å². The maximum Gasteiger partial charge on any atom is 0.270 e. The number of nitro benzene ring substituents is 2. The van der Waals surface area contributed by atoms with Gasteiger partial charge in [0.2, 0.25) is 0 Å². The fraction of sp³-hybridized carbons (Fsp3) is 0.250. The highest BCUT2D eigenvalue weighted by Gasteiger charge is 2.17. The SMILES string of the molecule is CCCCn1c2ccc([N+](=O)[O-])cc2c2cc([N+](=O)[O-])ccc21. The molecule has 0 saturated heterocycles. The van der Waals surface area contributed by atoms with E-state index in [2.05, 4.69) is 11.5 Å². The largest absolute Gasteiger partial charge is 0.340 e. The van der Waals surface area contributed by atoms with Gasteiger partial charge in [0.15, 0.2) is 0 Å². The Labute approximate surface area is 131 Å². The first-order valence-electron chi connectivity index (χ1n) is 7.37. The number of non-ortho nitro benzene ring substituents is 2. The van der Waals surface area contributed by atoms with Crippen LogP contribution in [0.4, 0.5) is 11.4 Å². The van der Waals surface area contributed by atoms with Crippen molar-refractivity contribution in [1.82, 2.24) is 4.57 Å². The number of fused-ring (bicyclic) bond motifs is 3. The van der Waals surface area contributed by atoms with E-state index in [1.165, 1.54) is 24.3 Å². The smallest absolute Gasteiger partial charge is 0.270 e. The summed E-state index contributed by atoms with van der Waals surface area (Å²) in [6.07, 6.45) is 1.98. The fourth-order valence-corrected chi connectivity index (χ4v) is 2.86. The molecule has 3 aromatic rings. The zero-order chi connectivity index (χ0) is 16.6. The van der Waals surface area contributed by atoms with Gasteiger partial charge in [0.25, 0.3) is 11.4 Å². The van der Waals surface area contributed by atoms with E-state index < -0.39 is 9.85 Å². The summed E-state index contributed by atoms with van der Waals surface area (Å²) in [5, 5.41) is 23.4. The van der Waals surface area contributed by atoms with Gasteiger partial charge in [-0.25, -0.2) is 0 Å². The molecule has 0 saturated carbocycles. The lowest BCUT2D eigenvalue weighted by molar-refractivity contribution is -0.385. The standard InChI is InChI=1S/C16H15N3O4/c1-2-3-8-17-15-6-4-11(18(20)21)9-13(15)14-10-12(19(22)23)5-7-16(14)17/h4-7,9-10H,2-3,8H2,1H3. The molecule has 2 aromatic carbocycles. The molecule has 0 bridgehead atoms. The van der Waals surface area contributed by atoms with Crippen LogP contribution in [0.25, 0.3) is 21.8 Å². The first-order valence-corrected chi connectivity index (χ1v) is 7.37. The van der Waals surface area contributed by atoms with Crippen LogP contribution in [0.1, 0.15) is 19.8 Å². The molecule has 0 aliphatic carbocycles. The van der Waals surface area contributed by atoms with Gasteiger partial charge in [0, 0.05) is 52.6 Å². The summed E-state index contributed by atoms with van der Waals surface area (Å²) in [6.45, 7) is 2.86. The van der Waals surface area contributed by atoms with Crippen LogP contribution in [-0.2, 0) is 6.54 Å². The van der Waals surface area contributed by atoms with Crippen molar-refractivity contribution >= 4 is 33.2 Å². The molecule has 0 aliphatic rings. The van der Waals surface area contributed by atoms with Crippen molar-refractivity contribution in [3.8, 4) is 0 Å². The van der Waals surface area contributed by atoms with Crippen molar-refractivity contribution in [1.29, 1.82) is 0 Å². The minimum Gasteiger partial charge on any atom is -0.340 e. The molecule has 0 unspecified atom stereocenters. The van der Waals surface area contributed by atoms with E-state index in [0.29, 0.717) is 10.8 Å². The van der Waals surface area contributed by atoms with Crippen LogP contribution >= 0.6 is 0 Å². The Hall–Kier alpha value is -2.96. The second-order valence-electron chi connectivity index (χ2n) is 5.42. The summed E-state index contributed by atoms with van der Waals surface area (Å²) < 4.78 is 2.07. The Bertz CT molecular complexity index is 859. The van der Waals surface area contributed by atoms with Crippen molar-refractivity contribution in [3.05, 3.63) is 56.6 Å². The number of nitro groups is 2. The molecule has 3 rings (SSSR count). The van der Waals surface area contributed by atoms with Gasteiger partial charge >= 0.3 is 0 Å². The first kappa shape index (κ1) is 15.0.